The molecule has 0 spiro atoms. The van der Waals surface area contributed by atoms with Crippen molar-refractivity contribution in [1.82, 2.24) is 15.3 Å². The number of carbonyl (C=O) groups excluding carboxylic acids is 2. The Kier molecular flexibility index (Phi) is 5.69. The molecule has 0 bridgehead atoms. The van der Waals surface area contributed by atoms with E-state index < -0.39 is 0 Å². The van der Waals surface area contributed by atoms with Gasteiger partial charge in [-0.25, -0.2) is 9.97 Å². The van der Waals surface area contributed by atoms with Crippen molar-refractivity contribution in [1.29, 1.82) is 0 Å². The van der Waals surface area contributed by atoms with Gasteiger partial charge in [-0.3, -0.25) is 9.59 Å². The van der Waals surface area contributed by atoms with Gasteiger partial charge in [-0.1, -0.05) is 12.1 Å². The van der Waals surface area contributed by atoms with Gasteiger partial charge < -0.3 is 19.5 Å². The summed E-state index contributed by atoms with van der Waals surface area (Å²) in [5.41, 5.74) is 2.33. The maximum Gasteiger partial charge on any atom is 0.266 e. The normalized spacial score (nSPS) is 11.0. The van der Waals surface area contributed by atoms with Gasteiger partial charge in [0.25, 0.3) is 11.8 Å². The summed E-state index contributed by atoms with van der Waals surface area (Å²) in [6.45, 7) is 4.01. The van der Waals surface area contributed by atoms with Crippen molar-refractivity contribution >= 4 is 39.1 Å². The van der Waals surface area contributed by atoms with Crippen LogP contribution in [0.4, 0.5) is 5.69 Å². The lowest BCUT2D eigenvalue weighted by molar-refractivity contribution is 0.0949. The summed E-state index contributed by atoms with van der Waals surface area (Å²) in [5.74, 6) is 1.05. The zero-order valence-electron chi connectivity index (χ0n) is 18.4. The number of carbonyl (C=O) groups is 2. The molecule has 5 aromatic rings. The predicted octanol–water partition coefficient (Wildman–Crippen LogP) is 5.34. The van der Waals surface area contributed by atoms with E-state index in [9.17, 15) is 9.59 Å². The minimum Gasteiger partial charge on any atom is -0.467 e. The highest BCUT2D eigenvalue weighted by Gasteiger charge is 2.21. The summed E-state index contributed by atoms with van der Waals surface area (Å²) in [7, 11) is 0. The van der Waals surface area contributed by atoms with Crippen LogP contribution >= 0.6 is 11.3 Å². The van der Waals surface area contributed by atoms with E-state index in [0.717, 1.165) is 16.6 Å². The second-order valence-electron chi connectivity index (χ2n) is 7.61. The molecule has 0 aliphatic heterocycles. The fraction of sp³-hybridized carbons (Fsp3) is 0.120. The van der Waals surface area contributed by atoms with E-state index >= 15 is 0 Å². The number of amides is 2. The Labute approximate surface area is 198 Å². The molecule has 5 rings (SSSR count). The Morgan fingerprint density at radius 2 is 1.74 bits per heavy atom. The number of aryl methyl sites for hydroxylation is 2. The molecule has 1 aromatic carbocycles. The highest BCUT2D eigenvalue weighted by atomic mass is 32.1. The van der Waals surface area contributed by atoms with Crippen LogP contribution in [0.2, 0.25) is 0 Å². The van der Waals surface area contributed by atoms with Crippen LogP contribution in [0.5, 0.6) is 0 Å². The van der Waals surface area contributed by atoms with Crippen LogP contribution in [0.3, 0.4) is 0 Å². The average Bonchev–Trinajstić information content (AvgIpc) is 3.59. The molecular formula is C25H20N4O4S. The number of thiophene rings is 1. The number of aromatic nitrogens is 2. The van der Waals surface area contributed by atoms with Crippen LogP contribution < -0.4 is 10.6 Å². The molecule has 0 saturated carbocycles. The van der Waals surface area contributed by atoms with Crippen LogP contribution in [0.25, 0.3) is 21.8 Å². The zero-order chi connectivity index (χ0) is 23.7. The minimum atomic E-state index is -0.315. The molecule has 0 aliphatic carbocycles. The van der Waals surface area contributed by atoms with Crippen LogP contribution in [0.15, 0.2) is 69.9 Å². The van der Waals surface area contributed by atoms with Gasteiger partial charge >= 0.3 is 0 Å². The Morgan fingerprint density at radius 1 is 0.941 bits per heavy atom. The van der Waals surface area contributed by atoms with Crippen molar-refractivity contribution in [3.63, 3.8) is 0 Å². The predicted molar refractivity (Wildman–Crippen MR) is 129 cm³/mol. The molecule has 0 radical (unpaired) electrons. The maximum absolute atomic E-state index is 13.2. The van der Waals surface area contributed by atoms with Crippen molar-refractivity contribution in [2.45, 2.75) is 20.4 Å². The van der Waals surface area contributed by atoms with Crippen LogP contribution in [0, 0.1) is 13.8 Å². The molecule has 34 heavy (non-hydrogen) atoms. The van der Waals surface area contributed by atoms with Crippen molar-refractivity contribution in [3.05, 3.63) is 88.5 Å². The molecule has 4 aromatic heterocycles. The van der Waals surface area contributed by atoms with Gasteiger partial charge in [0.15, 0.2) is 11.6 Å². The Hall–Kier alpha value is -4.24. The molecule has 0 aliphatic rings. The number of nitrogens with zero attached hydrogens (tertiary/aromatic N) is 2. The summed E-state index contributed by atoms with van der Waals surface area (Å²) in [6, 6.07) is 14.0. The first kappa shape index (κ1) is 21.6. The number of benzene rings is 1. The molecule has 170 valence electrons. The van der Waals surface area contributed by atoms with Crippen LogP contribution in [0.1, 0.15) is 37.0 Å². The number of furan rings is 2. The monoisotopic (exact) mass is 472 g/mol. The highest BCUT2D eigenvalue weighted by molar-refractivity contribution is 7.20. The second kappa shape index (κ2) is 8.95. The third kappa shape index (κ3) is 4.08. The Morgan fingerprint density at radius 3 is 2.50 bits per heavy atom. The van der Waals surface area contributed by atoms with Gasteiger partial charge in [-0.15, -0.1) is 11.3 Å². The smallest absolute Gasteiger partial charge is 0.266 e. The van der Waals surface area contributed by atoms with Crippen molar-refractivity contribution < 1.29 is 18.4 Å². The van der Waals surface area contributed by atoms with Gasteiger partial charge in [-0.05, 0) is 55.8 Å². The first-order chi connectivity index (χ1) is 16.5. The van der Waals surface area contributed by atoms with E-state index in [-0.39, 0.29) is 18.4 Å². The average molecular weight is 473 g/mol. The summed E-state index contributed by atoms with van der Waals surface area (Å²) in [4.78, 5) is 36.4. The third-order valence-corrected chi connectivity index (χ3v) is 6.53. The summed E-state index contributed by atoms with van der Waals surface area (Å²) < 4.78 is 10.7. The molecule has 4 heterocycles. The number of rotatable bonds is 6. The zero-order valence-corrected chi connectivity index (χ0v) is 19.2. The molecule has 0 fully saturated rings. The second-order valence-corrected chi connectivity index (χ2v) is 8.61. The topological polar surface area (TPSA) is 110 Å². The quantitative estimate of drug-likeness (QED) is 0.345. The van der Waals surface area contributed by atoms with E-state index in [1.54, 1.807) is 61.1 Å². The molecule has 9 heteroatoms. The van der Waals surface area contributed by atoms with E-state index in [1.165, 1.54) is 11.3 Å². The number of hydrogen-bond donors (Lipinski definition) is 2. The molecular weight excluding hydrogens is 452 g/mol. The summed E-state index contributed by atoms with van der Waals surface area (Å²) in [5, 5.41) is 6.53. The Balaban J connectivity index is 1.41. The van der Waals surface area contributed by atoms with E-state index in [1.807, 2.05) is 13.8 Å². The van der Waals surface area contributed by atoms with E-state index in [2.05, 4.69) is 20.6 Å². The van der Waals surface area contributed by atoms with Crippen LogP contribution in [-0.2, 0) is 6.54 Å². The summed E-state index contributed by atoms with van der Waals surface area (Å²) >= 11 is 1.28. The number of hydrogen-bond acceptors (Lipinski definition) is 7. The molecule has 2 amide bonds. The largest absolute Gasteiger partial charge is 0.467 e. The molecule has 2 N–H and O–H groups in total. The van der Waals surface area contributed by atoms with E-state index in [4.69, 9.17) is 8.83 Å². The van der Waals surface area contributed by atoms with Gasteiger partial charge in [0.1, 0.15) is 10.6 Å². The summed E-state index contributed by atoms with van der Waals surface area (Å²) in [6.07, 6.45) is 3.12. The standard InChI is InChI=1S/C25H20N4O4S/c1-14-20-15(2)27-22(19-10-6-12-33-19)29-25(20)34-21(14)24(31)28-18-9-4-3-8-17(18)23(30)26-13-16-7-5-11-32-16/h3-12H,13H2,1-2H3,(H,26,30)(H,28,31). The first-order valence-electron chi connectivity index (χ1n) is 10.5. The fourth-order valence-electron chi connectivity index (χ4n) is 3.72. The Bertz CT molecular complexity index is 1490. The number of para-hydroxylation sites is 1. The molecule has 0 unspecified atom stereocenters. The van der Waals surface area contributed by atoms with Gasteiger partial charge in [0, 0.05) is 5.39 Å². The van der Waals surface area contributed by atoms with Gasteiger partial charge in [0.05, 0.1) is 40.9 Å². The van der Waals surface area contributed by atoms with E-state index in [0.29, 0.717) is 38.3 Å². The number of anilines is 1. The molecule has 0 atom stereocenters. The lowest BCUT2D eigenvalue weighted by Gasteiger charge is -2.11. The third-order valence-electron chi connectivity index (χ3n) is 5.34. The van der Waals surface area contributed by atoms with Crippen molar-refractivity contribution in [2.24, 2.45) is 0 Å². The van der Waals surface area contributed by atoms with Gasteiger partial charge in [0.2, 0.25) is 0 Å². The lowest BCUT2D eigenvalue weighted by atomic mass is 10.1. The van der Waals surface area contributed by atoms with Gasteiger partial charge in [-0.2, -0.15) is 0 Å². The molecule has 0 saturated heterocycles. The minimum absolute atomic E-state index is 0.249. The number of nitrogens with one attached hydrogen (secondary N) is 2. The van der Waals surface area contributed by atoms with Crippen molar-refractivity contribution in [2.75, 3.05) is 5.32 Å². The molecule has 8 nitrogen and oxygen atoms in total. The first-order valence-corrected chi connectivity index (χ1v) is 11.4. The van der Waals surface area contributed by atoms with Crippen molar-refractivity contribution in [3.8, 4) is 11.6 Å². The number of fused-ring (bicyclic) bond motifs is 1. The maximum atomic E-state index is 13.2. The highest BCUT2D eigenvalue weighted by Crippen LogP contribution is 2.33. The van der Waals surface area contributed by atoms with Crippen LogP contribution in [-0.4, -0.2) is 21.8 Å². The fourth-order valence-corrected chi connectivity index (χ4v) is 4.84. The SMILES string of the molecule is Cc1nc(-c2ccco2)nc2sc(C(=O)Nc3ccccc3C(=O)NCc3ccco3)c(C)c12. The lowest BCUT2D eigenvalue weighted by Crippen LogP contribution is -2.24.